The molecule has 0 saturated heterocycles. The number of carbonyl (C=O) groups is 1. The molecule has 104 valence electrons. The zero-order valence-electron chi connectivity index (χ0n) is 10.9. The molecule has 0 radical (unpaired) electrons. The zero-order chi connectivity index (χ0) is 13.4. The Morgan fingerprint density at radius 1 is 1.39 bits per heavy atom. The van der Waals surface area contributed by atoms with Crippen LogP contribution in [0.1, 0.15) is 45.4 Å². The Labute approximate surface area is 109 Å². The Morgan fingerprint density at radius 2 is 2.11 bits per heavy atom. The lowest BCUT2D eigenvalue weighted by atomic mass is 9.70. The van der Waals surface area contributed by atoms with E-state index < -0.39 is 21.2 Å². The molecule has 2 saturated carbocycles. The van der Waals surface area contributed by atoms with Crippen LogP contribution in [0.3, 0.4) is 0 Å². The van der Waals surface area contributed by atoms with Gasteiger partial charge in [-0.15, -0.1) is 0 Å². The van der Waals surface area contributed by atoms with Gasteiger partial charge in [0.05, 0.1) is 11.2 Å². The summed E-state index contributed by atoms with van der Waals surface area (Å²) in [5.41, 5.74) is -0.619. The highest BCUT2D eigenvalue weighted by atomic mass is 32.2. The highest BCUT2D eigenvalue weighted by Crippen LogP contribution is 2.58. The fraction of sp³-hybridized carbons (Fsp3) is 0.923. The lowest BCUT2D eigenvalue weighted by molar-refractivity contribution is -0.153. The first-order chi connectivity index (χ1) is 8.39. The Kier molecular flexibility index (Phi) is 3.72. The monoisotopic (exact) mass is 274 g/mol. The van der Waals surface area contributed by atoms with Crippen LogP contribution in [0, 0.1) is 17.3 Å². The van der Waals surface area contributed by atoms with Gasteiger partial charge in [0.2, 0.25) is 0 Å². The summed E-state index contributed by atoms with van der Waals surface area (Å²) in [5, 5.41) is 9.52. The van der Waals surface area contributed by atoms with Crippen LogP contribution < -0.4 is 0 Å². The zero-order valence-corrected chi connectivity index (χ0v) is 11.7. The van der Waals surface area contributed by atoms with Crippen LogP contribution in [0.5, 0.6) is 0 Å². The topological polar surface area (TPSA) is 71.4 Å². The summed E-state index contributed by atoms with van der Waals surface area (Å²) >= 11 is 0. The van der Waals surface area contributed by atoms with Crippen molar-refractivity contribution in [3.8, 4) is 0 Å². The fourth-order valence-electron chi connectivity index (χ4n) is 3.87. The molecule has 0 amide bonds. The molecule has 2 fully saturated rings. The Hall–Kier alpha value is -0.580. The van der Waals surface area contributed by atoms with E-state index in [4.69, 9.17) is 0 Å². The van der Waals surface area contributed by atoms with E-state index in [0.717, 1.165) is 25.7 Å². The summed E-state index contributed by atoms with van der Waals surface area (Å²) < 4.78 is 22.9. The van der Waals surface area contributed by atoms with E-state index in [1.807, 2.05) is 0 Å². The third kappa shape index (κ3) is 2.42. The molecule has 0 heterocycles. The molecule has 2 bridgehead atoms. The van der Waals surface area contributed by atoms with Gasteiger partial charge in [0.25, 0.3) is 0 Å². The number of aliphatic carboxylic acids is 1. The van der Waals surface area contributed by atoms with Crippen molar-refractivity contribution in [2.75, 3.05) is 11.5 Å². The minimum atomic E-state index is -2.97. The quantitative estimate of drug-likeness (QED) is 0.805. The lowest BCUT2D eigenvalue weighted by Crippen LogP contribution is -2.36. The lowest BCUT2D eigenvalue weighted by Gasteiger charge is -2.33. The number of sulfone groups is 1. The van der Waals surface area contributed by atoms with Crippen LogP contribution in [0.4, 0.5) is 0 Å². The maximum atomic E-state index is 11.6. The van der Waals surface area contributed by atoms with Gasteiger partial charge in [-0.1, -0.05) is 13.3 Å². The maximum absolute atomic E-state index is 11.6. The van der Waals surface area contributed by atoms with Crippen molar-refractivity contribution in [3.05, 3.63) is 0 Å². The van der Waals surface area contributed by atoms with Gasteiger partial charge in [-0.3, -0.25) is 4.79 Å². The van der Waals surface area contributed by atoms with Gasteiger partial charge in [0, 0.05) is 5.75 Å². The second kappa shape index (κ2) is 4.83. The van der Waals surface area contributed by atoms with E-state index in [0.29, 0.717) is 18.8 Å². The SMILES string of the molecule is CCS(=O)(=O)CCCC1(C(=O)O)CC2CCC1C2. The molecule has 3 unspecified atom stereocenters. The number of hydrogen-bond donors (Lipinski definition) is 1. The normalized spacial score (nSPS) is 34.9. The van der Waals surface area contributed by atoms with Crippen LogP contribution in [0.15, 0.2) is 0 Å². The number of carboxylic acids is 1. The van der Waals surface area contributed by atoms with Crippen molar-refractivity contribution < 1.29 is 18.3 Å². The van der Waals surface area contributed by atoms with Crippen LogP contribution in [-0.2, 0) is 14.6 Å². The van der Waals surface area contributed by atoms with E-state index in [9.17, 15) is 18.3 Å². The second-order valence-corrected chi connectivity index (χ2v) is 8.35. The number of carboxylic acid groups (broad SMARTS) is 1. The van der Waals surface area contributed by atoms with Crippen LogP contribution in [-0.4, -0.2) is 31.0 Å². The smallest absolute Gasteiger partial charge is 0.309 e. The summed E-state index contributed by atoms with van der Waals surface area (Å²) in [6, 6.07) is 0. The van der Waals surface area contributed by atoms with E-state index in [1.165, 1.54) is 0 Å². The Balaban J connectivity index is 1.99. The first kappa shape index (κ1) is 13.8. The molecular weight excluding hydrogens is 252 g/mol. The van der Waals surface area contributed by atoms with Crippen molar-refractivity contribution in [1.29, 1.82) is 0 Å². The first-order valence-electron chi connectivity index (χ1n) is 6.83. The molecule has 3 atom stereocenters. The summed E-state index contributed by atoms with van der Waals surface area (Å²) in [5.74, 6) is 0.427. The second-order valence-electron chi connectivity index (χ2n) is 5.88. The van der Waals surface area contributed by atoms with Crippen molar-refractivity contribution >= 4 is 15.8 Å². The summed E-state index contributed by atoms with van der Waals surface area (Å²) in [6.07, 6.45) is 4.99. The molecule has 2 aliphatic carbocycles. The summed E-state index contributed by atoms with van der Waals surface area (Å²) in [7, 11) is -2.97. The van der Waals surface area contributed by atoms with Gasteiger partial charge in [0.1, 0.15) is 9.84 Å². The average Bonchev–Trinajstić information content (AvgIpc) is 2.89. The van der Waals surface area contributed by atoms with Gasteiger partial charge >= 0.3 is 5.97 Å². The Morgan fingerprint density at radius 3 is 2.56 bits per heavy atom. The molecule has 18 heavy (non-hydrogen) atoms. The van der Waals surface area contributed by atoms with Crippen molar-refractivity contribution in [1.82, 2.24) is 0 Å². The average molecular weight is 274 g/mol. The van der Waals surface area contributed by atoms with Gasteiger partial charge in [-0.05, 0) is 43.9 Å². The molecule has 0 spiro atoms. The van der Waals surface area contributed by atoms with E-state index in [-0.39, 0.29) is 17.4 Å². The minimum Gasteiger partial charge on any atom is -0.481 e. The van der Waals surface area contributed by atoms with Crippen LogP contribution in [0.25, 0.3) is 0 Å². The predicted molar refractivity (Wildman–Crippen MR) is 69.1 cm³/mol. The molecule has 2 aliphatic rings. The number of rotatable bonds is 6. The molecule has 0 aromatic heterocycles. The number of fused-ring (bicyclic) bond motifs is 2. The maximum Gasteiger partial charge on any atom is 0.309 e. The third-order valence-electron chi connectivity index (χ3n) is 4.92. The van der Waals surface area contributed by atoms with Gasteiger partial charge in [-0.2, -0.15) is 0 Å². The van der Waals surface area contributed by atoms with Gasteiger partial charge in [-0.25, -0.2) is 8.42 Å². The van der Waals surface area contributed by atoms with Gasteiger partial charge < -0.3 is 5.11 Å². The molecule has 2 rings (SSSR count). The standard InChI is InChI=1S/C13H22O4S/c1-2-18(16,17)7-3-6-13(12(14)15)9-10-4-5-11(13)8-10/h10-11H,2-9H2,1H3,(H,14,15). The van der Waals surface area contributed by atoms with E-state index in [1.54, 1.807) is 6.92 Å². The molecule has 5 heteroatoms. The molecule has 0 aromatic rings. The van der Waals surface area contributed by atoms with Crippen LogP contribution in [0.2, 0.25) is 0 Å². The first-order valence-corrected chi connectivity index (χ1v) is 8.65. The van der Waals surface area contributed by atoms with Crippen LogP contribution >= 0.6 is 0 Å². The molecule has 1 N–H and O–H groups in total. The summed E-state index contributed by atoms with van der Waals surface area (Å²) in [6.45, 7) is 1.64. The highest BCUT2D eigenvalue weighted by Gasteiger charge is 2.55. The van der Waals surface area contributed by atoms with E-state index in [2.05, 4.69) is 0 Å². The fourth-order valence-corrected chi connectivity index (χ4v) is 4.74. The van der Waals surface area contributed by atoms with Crippen molar-refractivity contribution in [2.45, 2.75) is 45.4 Å². The minimum absolute atomic E-state index is 0.135. The number of hydrogen-bond acceptors (Lipinski definition) is 3. The predicted octanol–water partition coefficient (Wildman–Crippen LogP) is 2.09. The molecule has 0 aliphatic heterocycles. The molecular formula is C13H22O4S. The van der Waals surface area contributed by atoms with E-state index >= 15 is 0 Å². The molecule has 0 aromatic carbocycles. The highest BCUT2D eigenvalue weighted by molar-refractivity contribution is 7.91. The Bertz CT molecular complexity index is 428. The molecule has 4 nitrogen and oxygen atoms in total. The van der Waals surface area contributed by atoms with Crippen molar-refractivity contribution in [2.24, 2.45) is 17.3 Å². The van der Waals surface area contributed by atoms with Gasteiger partial charge in [0.15, 0.2) is 0 Å². The third-order valence-corrected chi connectivity index (χ3v) is 6.71. The van der Waals surface area contributed by atoms with Crippen molar-refractivity contribution in [3.63, 3.8) is 0 Å². The largest absolute Gasteiger partial charge is 0.481 e. The summed E-state index contributed by atoms with van der Waals surface area (Å²) in [4.78, 5) is 11.6.